The van der Waals surface area contributed by atoms with E-state index >= 15 is 0 Å². The lowest BCUT2D eigenvalue weighted by molar-refractivity contribution is -0.137. The fourth-order valence-corrected chi connectivity index (χ4v) is 1.49. The number of nitrogens with two attached hydrogens (primary N) is 1. The third kappa shape index (κ3) is 6.86. The van der Waals surface area contributed by atoms with Crippen LogP contribution in [0.5, 0.6) is 0 Å². The predicted octanol–water partition coefficient (Wildman–Crippen LogP) is 0.957. The van der Waals surface area contributed by atoms with E-state index in [1.807, 2.05) is 14.0 Å². The number of hydrogen-bond acceptors (Lipinski definition) is 3. The van der Waals surface area contributed by atoms with Crippen LogP contribution in [0.25, 0.3) is 0 Å². The van der Waals surface area contributed by atoms with Crippen LogP contribution >= 0.6 is 0 Å². The maximum atomic E-state index is 10.2. The zero-order valence-corrected chi connectivity index (χ0v) is 9.12. The molecular formula is C10H22N2O2. The van der Waals surface area contributed by atoms with Crippen molar-refractivity contribution in [2.24, 2.45) is 5.73 Å². The summed E-state index contributed by atoms with van der Waals surface area (Å²) in [7, 11) is 1.91. The molecule has 0 aromatic heterocycles. The number of aliphatic carboxylic acids is 1. The molecule has 0 aliphatic heterocycles. The number of hydrogen-bond donors (Lipinski definition) is 3. The van der Waals surface area contributed by atoms with Gasteiger partial charge in [-0.05, 0) is 26.8 Å². The van der Waals surface area contributed by atoms with Gasteiger partial charge in [-0.2, -0.15) is 0 Å². The highest BCUT2D eigenvalue weighted by Gasteiger charge is 2.09. The van der Waals surface area contributed by atoms with Crippen molar-refractivity contribution in [3.05, 3.63) is 0 Å². The zero-order chi connectivity index (χ0) is 11.0. The molecule has 0 fully saturated rings. The fraction of sp³-hybridized carbons (Fsp3) is 0.900. The third-order valence-corrected chi connectivity index (χ3v) is 2.41. The Morgan fingerprint density at radius 2 is 2.07 bits per heavy atom. The van der Waals surface area contributed by atoms with Gasteiger partial charge < -0.3 is 16.2 Å². The Morgan fingerprint density at radius 3 is 2.50 bits per heavy atom. The van der Waals surface area contributed by atoms with E-state index in [-0.39, 0.29) is 12.5 Å². The van der Waals surface area contributed by atoms with Crippen molar-refractivity contribution in [3.8, 4) is 0 Å². The molecule has 0 aromatic rings. The number of carbonyl (C=O) groups is 1. The number of carboxylic acids is 1. The Hall–Kier alpha value is -0.610. The molecule has 2 atom stereocenters. The maximum Gasteiger partial charge on any atom is 0.303 e. The van der Waals surface area contributed by atoms with Crippen LogP contribution in [-0.4, -0.2) is 30.2 Å². The number of unbranched alkanes of at least 4 members (excludes halogenated alkanes) is 2. The Kier molecular flexibility index (Phi) is 7.42. The largest absolute Gasteiger partial charge is 0.481 e. The van der Waals surface area contributed by atoms with Crippen LogP contribution in [0.1, 0.15) is 39.0 Å². The van der Waals surface area contributed by atoms with E-state index in [9.17, 15) is 4.79 Å². The fourth-order valence-electron chi connectivity index (χ4n) is 1.49. The van der Waals surface area contributed by atoms with E-state index in [1.54, 1.807) is 0 Å². The average molecular weight is 202 g/mol. The van der Waals surface area contributed by atoms with Gasteiger partial charge in [-0.25, -0.2) is 0 Å². The molecule has 0 aromatic carbocycles. The first-order valence-electron chi connectivity index (χ1n) is 5.22. The molecule has 4 N–H and O–H groups in total. The summed E-state index contributed by atoms with van der Waals surface area (Å²) in [5, 5.41) is 11.6. The minimum Gasteiger partial charge on any atom is -0.481 e. The lowest BCUT2D eigenvalue weighted by Gasteiger charge is -2.19. The van der Waals surface area contributed by atoms with Crippen molar-refractivity contribution in [1.29, 1.82) is 0 Å². The van der Waals surface area contributed by atoms with Crippen LogP contribution in [0.15, 0.2) is 0 Å². The molecule has 4 heteroatoms. The standard InChI is InChI=1S/C10H22N2O2/c1-8(11)9(12-2)6-4-3-5-7-10(13)14/h8-9,12H,3-7,11H2,1-2H3,(H,13,14). The highest BCUT2D eigenvalue weighted by Crippen LogP contribution is 2.07. The van der Waals surface area contributed by atoms with E-state index in [1.165, 1.54) is 0 Å². The summed E-state index contributed by atoms with van der Waals surface area (Å²) in [6.07, 6.45) is 4.08. The smallest absolute Gasteiger partial charge is 0.303 e. The molecule has 0 amide bonds. The quantitative estimate of drug-likeness (QED) is 0.512. The lowest BCUT2D eigenvalue weighted by atomic mass is 10.0. The molecule has 0 saturated heterocycles. The van der Waals surface area contributed by atoms with Gasteiger partial charge in [-0.1, -0.05) is 12.8 Å². The van der Waals surface area contributed by atoms with Crippen molar-refractivity contribution in [2.45, 2.75) is 51.1 Å². The maximum absolute atomic E-state index is 10.2. The first-order chi connectivity index (χ1) is 6.57. The summed E-state index contributed by atoms with van der Waals surface area (Å²) in [6, 6.07) is 0.499. The van der Waals surface area contributed by atoms with Crippen LogP contribution in [0.3, 0.4) is 0 Å². The number of carboxylic acid groups (broad SMARTS) is 1. The highest BCUT2D eigenvalue weighted by atomic mass is 16.4. The minimum absolute atomic E-state index is 0.152. The summed E-state index contributed by atoms with van der Waals surface area (Å²) in [4.78, 5) is 10.2. The molecule has 84 valence electrons. The Balaban J connectivity index is 3.38. The predicted molar refractivity (Wildman–Crippen MR) is 57.2 cm³/mol. The molecule has 0 aliphatic carbocycles. The van der Waals surface area contributed by atoms with Gasteiger partial charge in [-0.3, -0.25) is 4.79 Å². The van der Waals surface area contributed by atoms with Crippen molar-refractivity contribution in [1.82, 2.24) is 5.32 Å². The van der Waals surface area contributed by atoms with Crippen molar-refractivity contribution in [2.75, 3.05) is 7.05 Å². The normalized spacial score (nSPS) is 15.1. The second kappa shape index (κ2) is 7.76. The molecule has 14 heavy (non-hydrogen) atoms. The Labute approximate surface area is 85.9 Å². The first kappa shape index (κ1) is 13.4. The molecule has 0 spiro atoms. The van der Waals surface area contributed by atoms with Crippen molar-refractivity contribution < 1.29 is 9.90 Å². The van der Waals surface area contributed by atoms with Crippen LogP contribution < -0.4 is 11.1 Å². The van der Waals surface area contributed by atoms with Gasteiger partial charge in [-0.15, -0.1) is 0 Å². The van der Waals surface area contributed by atoms with Crippen molar-refractivity contribution >= 4 is 5.97 Å². The third-order valence-electron chi connectivity index (χ3n) is 2.41. The molecule has 4 nitrogen and oxygen atoms in total. The van der Waals surface area contributed by atoms with Crippen LogP contribution in [0.4, 0.5) is 0 Å². The summed E-state index contributed by atoms with van der Waals surface area (Å²) >= 11 is 0. The van der Waals surface area contributed by atoms with Crippen LogP contribution in [-0.2, 0) is 4.79 Å². The summed E-state index contributed by atoms with van der Waals surface area (Å²) in [6.45, 7) is 1.98. The monoisotopic (exact) mass is 202 g/mol. The van der Waals surface area contributed by atoms with Crippen LogP contribution in [0.2, 0.25) is 0 Å². The first-order valence-corrected chi connectivity index (χ1v) is 5.22. The second-order valence-corrected chi connectivity index (χ2v) is 3.75. The summed E-state index contributed by atoms with van der Waals surface area (Å²) in [5.41, 5.74) is 5.75. The topological polar surface area (TPSA) is 75.3 Å². The molecule has 0 heterocycles. The van der Waals surface area contributed by atoms with Gasteiger partial charge in [0.2, 0.25) is 0 Å². The molecule has 0 radical (unpaired) electrons. The average Bonchev–Trinajstić information content (AvgIpc) is 2.10. The van der Waals surface area contributed by atoms with Crippen LogP contribution in [0, 0.1) is 0 Å². The van der Waals surface area contributed by atoms with Gasteiger partial charge in [0.25, 0.3) is 0 Å². The Bertz CT molecular complexity index is 160. The van der Waals surface area contributed by atoms with Gasteiger partial charge in [0.15, 0.2) is 0 Å². The molecule has 0 rings (SSSR count). The SMILES string of the molecule is CNC(CCCCCC(=O)O)C(C)N. The van der Waals surface area contributed by atoms with E-state index in [0.29, 0.717) is 6.04 Å². The number of nitrogens with one attached hydrogen (secondary N) is 1. The summed E-state index contributed by atoms with van der Waals surface area (Å²) < 4.78 is 0. The highest BCUT2D eigenvalue weighted by molar-refractivity contribution is 5.66. The number of rotatable bonds is 8. The molecule has 0 aliphatic rings. The van der Waals surface area contributed by atoms with E-state index in [2.05, 4.69) is 5.32 Å². The van der Waals surface area contributed by atoms with Gasteiger partial charge >= 0.3 is 5.97 Å². The van der Waals surface area contributed by atoms with Gasteiger partial charge in [0, 0.05) is 18.5 Å². The van der Waals surface area contributed by atoms with Gasteiger partial charge in [0.1, 0.15) is 0 Å². The van der Waals surface area contributed by atoms with Crippen molar-refractivity contribution in [3.63, 3.8) is 0 Å². The zero-order valence-electron chi connectivity index (χ0n) is 9.12. The van der Waals surface area contributed by atoms with E-state index < -0.39 is 5.97 Å². The lowest BCUT2D eigenvalue weighted by Crippen LogP contribution is -2.41. The molecule has 2 unspecified atom stereocenters. The molecule has 0 saturated carbocycles. The molecule has 0 bridgehead atoms. The summed E-state index contributed by atoms with van der Waals surface area (Å²) in [5.74, 6) is -0.706. The van der Waals surface area contributed by atoms with Gasteiger partial charge in [0.05, 0.1) is 0 Å². The minimum atomic E-state index is -0.706. The van der Waals surface area contributed by atoms with E-state index in [4.69, 9.17) is 10.8 Å². The number of likely N-dealkylation sites (N-methyl/N-ethyl adjacent to an activating group) is 1. The second-order valence-electron chi connectivity index (χ2n) is 3.75. The Morgan fingerprint density at radius 1 is 1.43 bits per heavy atom. The van der Waals surface area contributed by atoms with E-state index in [0.717, 1.165) is 25.7 Å². The molecular weight excluding hydrogens is 180 g/mol.